The molecule has 4 saturated carbocycles. The number of amides is 1. The van der Waals surface area contributed by atoms with E-state index in [1.807, 2.05) is 30.3 Å². The Kier molecular flexibility index (Phi) is 7.75. The van der Waals surface area contributed by atoms with Crippen LogP contribution in [0.25, 0.3) is 0 Å². The van der Waals surface area contributed by atoms with Crippen molar-refractivity contribution < 1.29 is 29.1 Å². The molecule has 0 bridgehead atoms. The van der Waals surface area contributed by atoms with Crippen LogP contribution in [-0.2, 0) is 25.7 Å². The molecule has 7 atom stereocenters. The van der Waals surface area contributed by atoms with Gasteiger partial charge in [-0.1, -0.05) is 63.2 Å². The molecule has 0 heterocycles. The third-order valence-electron chi connectivity index (χ3n) is 11.0. The van der Waals surface area contributed by atoms with Crippen molar-refractivity contribution in [3.05, 3.63) is 35.9 Å². The lowest BCUT2D eigenvalue weighted by molar-refractivity contribution is -0.172. The molecule has 5 rings (SSSR count). The molecule has 0 saturated heterocycles. The first-order chi connectivity index (χ1) is 19.0. The maximum atomic E-state index is 12.8. The van der Waals surface area contributed by atoms with E-state index in [1.165, 1.54) is 0 Å². The van der Waals surface area contributed by atoms with Gasteiger partial charge in [0, 0.05) is 29.7 Å². The molecule has 8 nitrogen and oxygen atoms in total. The highest BCUT2D eigenvalue weighted by Gasteiger charge is 2.64. The zero-order valence-corrected chi connectivity index (χ0v) is 24.3. The molecular formula is C32H44N2O6. The minimum Gasteiger partial charge on any atom is -0.462 e. The van der Waals surface area contributed by atoms with Crippen LogP contribution in [0, 0.1) is 39.9 Å². The molecule has 1 aromatic carbocycles. The number of benzene rings is 1. The van der Waals surface area contributed by atoms with Crippen LogP contribution in [0.4, 0.5) is 4.79 Å². The quantitative estimate of drug-likeness (QED) is 0.258. The average Bonchev–Trinajstić information content (AvgIpc) is 3.22. The third-order valence-corrected chi connectivity index (χ3v) is 11.0. The summed E-state index contributed by atoms with van der Waals surface area (Å²) in [5.41, 5.74) is 1.09. The number of rotatable bonds is 6. The van der Waals surface area contributed by atoms with Gasteiger partial charge in [-0.2, -0.15) is 0 Å². The summed E-state index contributed by atoms with van der Waals surface area (Å²) in [6.07, 6.45) is 4.89. The van der Waals surface area contributed by atoms with Crippen molar-refractivity contribution in [3.63, 3.8) is 0 Å². The van der Waals surface area contributed by atoms with Gasteiger partial charge in [0.25, 0.3) is 0 Å². The Balaban J connectivity index is 1.19. The van der Waals surface area contributed by atoms with Crippen LogP contribution in [0.5, 0.6) is 0 Å². The lowest BCUT2D eigenvalue weighted by Crippen LogP contribution is -2.60. The first-order valence-electron chi connectivity index (χ1n) is 14.9. The smallest absolute Gasteiger partial charge is 0.407 e. The zero-order chi connectivity index (χ0) is 28.7. The number of ketones is 1. The summed E-state index contributed by atoms with van der Waals surface area (Å²) in [5.74, 6) is 1.21. The predicted molar refractivity (Wildman–Crippen MR) is 150 cm³/mol. The lowest BCUT2D eigenvalue weighted by atomic mass is 9.42. The number of carbonyl (C=O) groups excluding carboxylic acids is 3. The van der Waals surface area contributed by atoms with Crippen LogP contribution in [-0.4, -0.2) is 41.4 Å². The first-order valence-corrected chi connectivity index (χ1v) is 14.9. The number of nitrogens with zero attached hydrogens (tertiary/aromatic N) is 1. The molecule has 0 spiro atoms. The fraction of sp³-hybridized carbons (Fsp3) is 0.688. The number of oxime groups is 1. The molecule has 4 fully saturated rings. The molecule has 8 heteroatoms. The molecule has 0 aromatic heterocycles. The second-order valence-electron chi connectivity index (χ2n) is 13.8. The fourth-order valence-electron chi connectivity index (χ4n) is 9.05. The minimum absolute atomic E-state index is 0.0251. The van der Waals surface area contributed by atoms with Crippen molar-refractivity contribution >= 4 is 23.6 Å². The van der Waals surface area contributed by atoms with Crippen LogP contribution < -0.4 is 5.32 Å². The van der Waals surface area contributed by atoms with Gasteiger partial charge in [0.15, 0.2) is 0 Å². The summed E-state index contributed by atoms with van der Waals surface area (Å²) in [6.45, 7) is 9.12. The Morgan fingerprint density at radius 3 is 2.58 bits per heavy atom. The number of ether oxygens (including phenoxy) is 2. The molecule has 2 N–H and O–H groups in total. The van der Waals surface area contributed by atoms with E-state index in [2.05, 4.69) is 38.2 Å². The van der Waals surface area contributed by atoms with Gasteiger partial charge in [-0.25, -0.2) is 4.79 Å². The summed E-state index contributed by atoms with van der Waals surface area (Å²) in [7, 11) is 0. The van der Waals surface area contributed by atoms with Crippen LogP contribution in [0.2, 0.25) is 0 Å². The van der Waals surface area contributed by atoms with E-state index in [-0.39, 0.29) is 53.8 Å². The van der Waals surface area contributed by atoms with Crippen molar-refractivity contribution in [2.75, 3.05) is 6.54 Å². The highest BCUT2D eigenvalue weighted by Crippen LogP contribution is 2.66. The minimum atomic E-state index is -0.571. The first kappa shape index (κ1) is 28.6. The highest BCUT2D eigenvalue weighted by molar-refractivity contribution is 5.90. The predicted octanol–water partition coefficient (Wildman–Crippen LogP) is 5.90. The molecule has 0 unspecified atom stereocenters. The standard InChI is InChI=1S/C32H44N2O6/c1-30(2)19-32(4)23-12-14-31(3)22(10-11-26(31)35)21(23)16-25(34-38)24(32)17-27(30)40-28(36)13-15-33-29(37)39-18-20-8-6-5-7-9-20/h5-9,21-24,27,38H,10-19H2,1-4H3,(H,33,37)/b34-25+/t21-,22-,23-,24-,27+,31-,32+/m0/s1. The van der Waals surface area contributed by atoms with Gasteiger partial charge >= 0.3 is 12.1 Å². The monoisotopic (exact) mass is 552 g/mol. The van der Waals surface area contributed by atoms with Gasteiger partial charge in [0.1, 0.15) is 18.5 Å². The average molecular weight is 553 g/mol. The van der Waals surface area contributed by atoms with Gasteiger partial charge in [-0.15, -0.1) is 0 Å². The van der Waals surface area contributed by atoms with E-state index in [0.717, 1.165) is 37.0 Å². The maximum absolute atomic E-state index is 12.8. The van der Waals surface area contributed by atoms with Crippen LogP contribution in [0.15, 0.2) is 35.5 Å². The number of hydrogen-bond acceptors (Lipinski definition) is 7. The summed E-state index contributed by atoms with van der Waals surface area (Å²) in [5, 5.41) is 16.6. The second kappa shape index (κ2) is 10.8. The molecule has 0 aliphatic heterocycles. The fourth-order valence-corrected chi connectivity index (χ4v) is 9.05. The number of Topliss-reactive ketones (excluding diaryl/α,β-unsaturated/α-hetero) is 1. The van der Waals surface area contributed by atoms with E-state index in [1.54, 1.807) is 0 Å². The van der Waals surface area contributed by atoms with Crippen molar-refractivity contribution in [3.8, 4) is 0 Å². The van der Waals surface area contributed by atoms with E-state index < -0.39 is 6.09 Å². The van der Waals surface area contributed by atoms with Gasteiger partial charge in [-0.05, 0) is 67.3 Å². The highest BCUT2D eigenvalue weighted by atomic mass is 16.6. The molecular weight excluding hydrogens is 508 g/mol. The van der Waals surface area contributed by atoms with Crippen molar-refractivity contribution in [1.29, 1.82) is 0 Å². The van der Waals surface area contributed by atoms with Crippen molar-refractivity contribution in [2.45, 2.75) is 91.8 Å². The van der Waals surface area contributed by atoms with Crippen molar-refractivity contribution in [2.24, 2.45) is 45.1 Å². The molecule has 1 aromatic rings. The summed E-state index contributed by atoms with van der Waals surface area (Å²) < 4.78 is 11.2. The van der Waals surface area contributed by atoms with Gasteiger partial charge in [0.05, 0.1) is 12.1 Å². The molecule has 4 aliphatic rings. The largest absolute Gasteiger partial charge is 0.462 e. The molecule has 40 heavy (non-hydrogen) atoms. The number of fused-ring (bicyclic) bond motifs is 5. The van der Waals surface area contributed by atoms with Crippen LogP contribution >= 0.6 is 0 Å². The van der Waals surface area contributed by atoms with Gasteiger partial charge in [-0.3, -0.25) is 9.59 Å². The number of carbonyl (C=O) groups is 3. The van der Waals surface area contributed by atoms with E-state index in [9.17, 15) is 19.6 Å². The molecule has 218 valence electrons. The second-order valence-corrected chi connectivity index (χ2v) is 13.8. The topological polar surface area (TPSA) is 114 Å². The number of esters is 1. The summed E-state index contributed by atoms with van der Waals surface area (Å²) in [4.78, 5) is 37.7. The van der Waals surface area contributed by atoms with E-state index in [4.69, 9.17) is 9.47 Å². The van der Waals surface area contributed by atoms with Gasteiger partial charge < -0.3 is 20.0 Å². The third kappa shape index (κ3) is 5.14. The zero-order valence-electron chi connectivity index (χ0n) is 24.3. The van der Waals surface area contributed by atoms with E-state index >= 15 is 0 Å². The lowest BCUT2D eigenvalue weighted by Gasteiger charge is -2.62. The van der Waals surface area contributed by atoms with Crippen LogP contribution in [0.3, 0.4) is 0 Å². The van der Waals surface area contributed by atoms with Gasteiger partial charge in [0.2, 0.25) is 0 Å². The van der Waals surface area contributed by atoms with Crippen LogP contribution in [0.1, 0.15) is 84.6 Å². The summed E-state index contributed by atoms with van der Waals surface area (Å²) >= 11 is 0. The van der Waals surface area contributed by atoms with Crippen molar-refractivity contribution in [1.82, 2.24) is 5.32 Å². The molecule has 1 amide bonds. The Bertz CT molecular complexity index is 1170. The van der Waals surface area contributed by atoms with E-state index in [0.29, 0.717) is 42.8 Å². The molecule has 4 aliphatic carbocycles. The Hall–Kier alpha value is -2.90. The Morgan fingerprint density at radius 2 is 1.85 bits per heavy atom. The number of alkyl carbamates (subject to hydrolysis) is 1. The summed E-state index contributed by atoms with van der Waals surface area (Å²) in [6, 6.07) is 9.41. The normalized spacial score (nSPS) is 37.1. The molecule has 0 radical (unpaired) electrons. The number of hydrogen-bond donors (Lipinski definition) is 2. The number of nitrogens with one attached hydrogen (secondary N) is 1. The maximum Gasteiger partial charge on any atom is 0.407 e. The SMILES string of the molecule is CC1(C)C[C@@]2(C)[C@@H](C[C@H]1OC(=O)CCNC(=O)OCc1ccccc1)/C(=N/O)C[C@@H]1[C@@H]2CC[C@]2(C)C(=O)CC[C@@H]12. The Morgan fingerprint density at radius 1 is 1.10 bits per heavy atom. The Labute approximate surface area is 237 Å².